The summed E-state index contributed by atoms with van der Waals surface area (Å²) in [7, 11) is 0. The van der Waals surface area contributed by atoms with E-state index in [4.69, 9.17) is 9.84 Å². The monoisotopic (exact) mass is 380 g/mol. The number of ether oxygens (including phenoxy) is 2. The molecule has 1 unspecified atom stereocenters. The van der Waals surface area contributed by atoms with Crippen molar-refractivity contribution in [2.75, 3.05) is 0 Å². The molecule has 25 heavy (non-hydrogen) atoms. The first-order valence-corrected chi connectivity index (χ1v) is 6.53. The number of alkyl halides is 6. The number of aryl methyl sites for hydroxylation is 1. The molecule has 0 amide bonds. The second kappa shape index (κ2) is 7.46. The molecule has 11 heteroatoms. The third-order valence-electron chi connectivity index (χ3n) is 3.16. The Morgan fingerprint density at radius 1 is 1.24 bits per heavy atom. The van der Waals surface area contributed by atoms with E-state index in [2.05, 4.69) is 4.74 Å². The summed E-state index contributed by atoms with van der Waals surface area (Å²) < 4.78 is 84.4. The van der Waals surface area contributed by atoms with Gasteiger partial charge < -0.3 is 14.6 Å². The fraction of sp³-hybridized carbons (Fsp3) is 0.357. The van der Waals surface area contributed by atoms with Crippen molar-refractivity contribution in [3.8, 4) is 11.5 Å². The zero-order chi connectivity index (χ0) is 18.3. The number of benzene rings is 1. The van der Waals surface area contributed by atoms with E-state index in [1.165, 1.54) is 6.92 Å². The van der Waals surface area contributed by atoms with Gasteiger partial charge in [0.2, 0.25) is 6.10 Å². The summed E-state index contributed by atoms with van der Waals surface area (Å²) in [6.45, 7) is 1.50. The van der Waals surface area contributed by atoms with Gasteiger partial charge in [0.1, 0.15) is 11.5 Å². The summed E-state index contributed by atoms with van der Waals surface area (Å²) in [5, 5.41) is 8.92. The van der Waals surface area contributed by atoms with Crippen LogP contribution in [0.5, 0.6) is 11.5 Å². The summed E-state index contributed by atoms with van der Waals surface area (Å²) >= 11 is 0. The van der Waals surface area contributed by atoms with Crippen LogP contribution in [0, 0.1) is 0 Å². The summed E-state index contributed by atoms with van der Waals surface area (Å²) in [6, 6.07) is 1.68. The molecule has 0 bridgehead atoms. The van der Waals surface area contributed by atoms with Crippen molar-refractivity contribution < 1.29 is 45.7 Å². The average Bonchev–Trinajstić information content (AvgIpc) is 2.42. The summed E-state index contributed by atoms with van der Waals surface area (Å²) in [6.07, 6.45) is -12.0. The van der Waals surface area contributed by atoms with E-state index in [0.717, 1.165) is 12.1 Å². The van der Waals surface area contributed by atoms with Gasteiger partial charge in [0.25, 0.3) is 0 Å². The molecule has 0 radical (unpaired) electrons. The predicted octanol–water partition coefficient (Wildman–Crippen LogP) is 3.29. The summed E-state index contributed by atoms with van der Waals surface area (Å²) in [4.78, 5) is 11.0. The van der Waals surface area contributed by atoms with Gasteiger partial charge >= 0.3 is 48.1 Å². The van der Waals surface area contributed by atoms with Crippen molar-refractivity contribution in [1.82, 2.24) is 0 Å². The molecule has 1 aliphatic rings. The molecule has 0 aliphatic carbocycles. The van der Waals surface area contributed by atoms with E-state index in [1.807, 2.05) is 0 Å². The van der Waals surface area contributed by atoms with Crippen LogP contribution in [-0.2, 0) is 11.2 Å². The first-order chi connectivity index (χ1) is 10.9. The van der Waals surface area contributed by atoms with E-state index in [1.54, 1.807) is 0 Å². The molecule has 1 aliphatic heterocycles. The van der Waals surface area contributed by atoms with Crippen molar-refractivity contribution in [3.63, 3.8) is 0 Å². The molecule has 1 N–H and O–H groups in total. The van der Waals surface area contributed by atoms with Gasteiger partial charge in [-0.3, -0.25) is 0 Å². The molecule has 1 aromatic carbocycles. The summed E-state index contributed by atoms with van der Waals surface area (Å²) in [5.41, 5.74) is -1.32. The quantitative estimate of drug-likeness (QED) is 0.646. The van der Waals surface area contributed by atoms with Crippen LogP contribution < -0.4 is 9.47 Å². The predicted molar refractivity (Wildman–Crippen MR) is 75.7 cm³/mol. The van der Waals surface area contributed by atoms with E-state index in [0.29, 0.717) is 6.08 Å². The van der Waals surface area contributed by atoms with Gasteiger partial charge in [-0.25, -0.2) is 4.79 Å². The van der Waals surface area contributed by atoms with Crippen molar-refractivity contribution >= 4 is 41.6 Å². The fourth-order valence-corrected chi connectivity index (χ4v) is 2.23. The SMILES string of the molecule is CCc1cc(OC(F)(F)F)cc2c1OC(C(F)(F)F)C(C(=O)O)=C2.[NaH]. The van der Waals surface area contributed by atoms with Crippen LogP contribution in [-0.4, -0.2) is 59.3 Å². The second-order valence-corrected chi connectivity index (χ2v) is 4.85. The third kappa shape index (κ3) is 5.05. The van der Waals surface area contributed by atoms with Crippen molar-refractivity contribution in [2.24, 2.45) is 0 Å². The number of halogens is 6. The molecule has 1 heterocycles. The maximum atomic E-state index is 13.0. The molecule has 0 saturated carbocycles. The molecule has 4 nitrogen and oxygen atoms in total. The van der Waals surface area contributed by atoms with Crippen molar-refractivity contribution in [2.45, 2.75) is 32.0 Å². The molecule has 0 saturated heterocycles. The Morgan fingerprint density at radius 2 is 1.84 bits per heavy atom. The Bertz CT molecular complexity index is 696. The van der Waals surface area contributed by atoms with Crippen LogP contribution in [0.1, 0.15) is 18.1 Å². The Kier molecular flexibility index (Phi) is 6.47. The van der Waals surface area contributed by atoms with Crippen molar-refractivity contribution in [3.05, 3.63) is 28.8 Å². The minimum atomic E-state index is -5.00. The molecule has 134 valence electrons. The molecular weight excluding hydrogens is 369 g/mol. The number of hydrogen-bond donors (Lipinski definition) is 1. The Balaban J connectivity index is 0.00000312. The molecular formula is C14H11F6NaO4. The first-order valence-electron chi connectivity index (χ1n) is 6.53. The van der Waals surface area contributed by atoms with Crippen LogP contribution >= 0.6 is 0 Å². The number of hydrogen-bond acceptors (Lipinski definition) is 3. The number of rotatable bonds is 3. The van der Waals surface area contributed by atoms with E-state index in [-0.39, 0.29) is 52.9 Å². The van der Waals surface area contributed by atoms with E-state index >= 15 is 0 Å². The Morgan fingerprint density at radius 3 is 2.28 bits per heavy atom. The number of carboxylic acid groups (broad SMARTS) is 1. The van der Waals surface area contributed by atoms with Crippen LogP contribution in [0.15, 0.2) is 17.7 Å². The second-order valence-electron chi connectivity index (χ2n) is 4.85. The van der Waals surface area contributed by atoms with Gasteiger partial charge in [0, 0.05) is 5.56 Å². The number of carboxylic acids is 1. The zero-order valence-electron chi connectivity index (χ0n) is 12.0. The summed E-state index contributed by atoms with van der Waals surface area (Å²) in [5.74, 6) is -2.88. The number of fused-ring (bicyclic) bond motifs is 1. The topological polar surface area (TPSA) is 55.8 Å². The van der Waals surface area contributed by atoms with E-state index in [9.17, 15) is 31.1 Å². The van der Waals surface area contributed by atoms with E-state index < -0.39 is 35.9 Å². The number of carbonyl (C=O) groups is 1. The third-order valence-corrected chi connectivity index (χ3v) is 3.16. The molecule has 1 atom stereocenters. The Labute approximate surface area is 159 Å². The van der Waals surface area contributed by atoms with Gasteiger partial charge in [0.15, 0.2) is 0 Å². The maximum absolute atomic E-state index is 13.0. The average molecular weight is 380 g/mol. The van der Waals surface area contributed by atoms with Crippen LogP contribution in [0.25, 0.3) is 6.08 Å². The van der Waals surface area contributed by atoms with Gasteiger partial charge in [-0.05, 0) is 30.2 Å². The van der Waals surface area contributed by atoms with Crippen LogP contribution in [0.3, 0.4) is 0 Å². The molecule has 1 aromatic rings. The van der Waals surface area contributed by atoms with Crippen molar-refractivity contribution in [1.29, 1.82) is 0 Å². The van der Waals surface area contributed by atoms with Crippen LogP contribution in [0.4, 0.5) is 26.3 Å². The normalized spacial score (nSPS) is 16.9. The minimum absolute atomic E-state index is 0. The van der Waals surface area contributed by atoms with Gasteiger partial charge in [-0.15, -0.1) is 13.2 Å². The zero-order valence-corrected chi connectivity index (χ0v) is 12.0. The Hall–Kier alpha value is -1.39. The van der Waals surface area contributed by atoms with Gasteiger partial charge in [-0.2, -0.15) is 13.2 Å². The fourth-order valence-electron chi connectivity index (χ4n) is 2.23. The van der Waals surface area contributed by atoms with Crippen LogP contribution in [0.2, 0.25) is 0 Å². The van der Waals surface area contributed by atoms with Gasteiger partial charge in [-0.1, -0.05) is 6.92 Å². The molecule has 0 fully saturated rings. The first kappa shape index (κ1) is 21.7. The standard InChI is InChI=1S/C14H10F6O4.Na.H/c1-2-6-3-8(24-14(18,19)20)4-7-5-9(12(21)22)11(13(15,16)17)23-10(6)7;;/h3-5,11H,2H2,1H3,(H,21,22);;. The molecule has 0 spiro atoms. The van der Waals surface area contributed by atoms with Gasteiger partial charge in [0.05, 0.1) is 5.57 Å². The number of aliphatic carboxylic acids is 1. The molecule has 2 rings (SSSR count). The molecule has 0 aromatic heterocycles.